The number of likely N-dealkylation sites (tertiary alicyclic amines) is 1. The van der Waals surface area contributed by atoms with E-state index in [9.17, 15) is 18.4 Å². The van der Waals surface area contributed by atoms with Crippen LogP contribution in [0.3, 0.4) is 0 Å². The quantitative estimate of drug-likeness (QED) is 0.502. The number of H-pyrrole nitrogens is 1. The fourth-order valence-corrected chi connectivity index (χ4v) is 4.22. The van der Waals surface area contributed by atoms with Gasteiger partial charge in [0.25, 0.3) is 11.5 Å². The Hall–Kier alpha value is -3.92. The number of hydrogen-bond donors (Lipinski definition) is 1. The molecule has 2 aromatic carbocycles. The van der Waals surface area contributed by atoms with Crippen molar-refractivity contribution in [1.82, 2.24) is 29.8 Å². The summed E-state index contributed by atoms with van der Waals surface area (Å²) < 4.78 is 29.3. The van der Waals surface area contributed by atoms with Crippen molar-refractivity contribution in [2.24, 2.45) is 0 Å². The van der Waals surface area contributed by atoms with E-state index < -0.39 is 12.0 Å². The molecule has 0 bridgehead atoms. The molecule has 0 aliphatic carbocycles. The molecule has 10 heteroatoms. The van der Waals surface area contributed by atoms with Crippen LogP contribution in [0.5, 0.6) is 0 Å². The summed E-state index contributed by atoms with van der Waals surface area (Å²) in [7, 11) is 3.60. The van der Waals surface area contributed by atoms with Gasteiger partial charge in [-0.15, -0.1) is 5.10 Å². The maximum absolute atomic E-state index is 14.2. The average Bonchev–Trinajstić information content (AvgIpc) is 3.46. The van der Waals surface area contributed by atoms with Crippen LogP contribution in [-0.4, -0.2) is 75.1 Å². The van der Waals surface area contributed by atoms with E-state index in [4.69, 9.17) is 0 Å². The van der Waals surface area contributed by atoms with Crippen LogP contribution in [0.15, 0.2) is 59.5 Å². The molecule has 0 radical (unpaired) electrons. The van der Waals surface area contributed by atoms with Crippen LogP contribution in [-0.2, 0) is 0 Å². The highest BCUT2D eigenvalue weighted by molar-refractivity contribution is 5.94. The van der Waals surface area contributed by atoms with E-state index in [1.54, 1.807) is 55.5 Å². The Kier molecular flexibility index (Phi) is 5.45. The van der Waals surface area contributed by atoms with Gasteiger partial charge in [-0.3, -0.25) is 9.59 Å². The smallest absolute Gasteiger partial charge is 0.258 e. The van der Waals surface area contributed by atoms with E-state index in [1.807, 2.05) is 0 Å². The minimum absolute atomic E-state index is 0.0695. The molecule has 1 aliphatic rings. The monoisotopic (exact) mass is 464 g/mol. The molecular formula is C24H22F2N6O2. The highest BCUT2D eigenvalue weighted by Gasteiger charge is 2.36. The van der Waals surface area contributed by atoms with Crippen molar-refractivity contribution >= 4 is 16.8 Å². The number of pyridine rings is 1. The number of nitrogens with zero attached hydrogens (tertiary/aromatic N) is 5. The first kappa shape index (κ1) is 21.9. The summed E-state index contributed by atoms with van der Waals surface area (Å²) in [6.45, 7) is 0.408. The van der Waals surface area contributed by atoms with Gasteiger partial charge in [0.1, 0.15) is 17.7 Å². The summed E-state index contributed by atoms with van der Waals surface area (Å²) in [4.78, 5) is 31.3. The molecule has 1 saturated heterocycles. The van der Waals surface area contributed by atoms with E-state index in [-0.39, 0.29) is 29.6 Å². The van der Waals surface area contributed by atoms with E-state index >= 15 is 0 Å². The van der Waals surface area contributed by atoms with Crippen LogP contribution < -0.4 is 5.56 Å². The summed E-state index contributed by atoms with van der Waals surface area (Å²) >= 11 is 0. The van der Waals surface area contributed by atoms with Crippen LogP contribution in [0.4, 0.5) is 8.78 Å². The van der Waals surface area contributed by atoms with E-state index in [0.29, 0.717) is 34.4 Å². The third-order valence-electron chi connectivity index (χ3n) is 6.12. The van der Waals surface area contributed by atoms with E-state index in [2.05, 4.69) is 15.3 Å². The predicted molar refractivity (Wildman–Crippen MR) is 123 cm³/mol. The lowest BCUT2D eigenvalue weighted by Crippen LogP contribution is -2.36. The first-order chi connectivity index (χ1) is 16.3. The largest absolute Gasteiger partial charge is 0.334 e. The molecule has 34 heavy (non-hydrogen) atoms. The Morgan fingerprint density at radius 2 is 1.88 bits per heavy atom. The molecule has 174 valence electrons. The SMILES string of the molecule is CN(C)C1CN(C(=O)c2ccc(-n3cc(-c4cc5cc(F)ccc5[nH]c4=O)nn3)cc2)CC1F. The van der Waals surface area contributed by atoms with Gasteiger partial charge >= 0.3 is 0 Å². The molecule has 3 heterocycles. The molecule has 2 unspecified atom stereocenters. The number of fused-ring (bicyclic) bond motifs is 1. The average molecular weight is 464 g/mol. The maximum atomic E-state index is 14.2. The molecule has 2 aromatic heterocycles. The highest BCUT2D eigenvalue weighted by atomic mass is 19.1. The third-order valence-corrected chi connectivity index (χ3v) is 6.12. The van der Waals surface area contributed by atoms with Crippen LogP contribution >= 0.6 is 0 Å². The number of amides is 1. The molecule has 2 atom stereocenters. The fourth-order valence-electron chi connectivity index (χ4n) is 4.22. The van der Waals surface area contributed by atoms with E-state index in [0.717, 1.165) is 0 Å². The molecule has 1 amide bonds. The number of aromatic nitrogens is 4. The summed E-state index contributed by atoms with van der Waals surface area (Å²) in [5.74, 6) is -0.634. The first-order valence-corrected chi connectivity index (χ1v) is 10.8. The Morgan fingerprint density at radius 3 is 2.59 bits per heavy atom. The number of likely N-dealkylation sites (N-methyl/N-ethyl adjacent to an activating group) is 1. The van der Waals surface area contributed by atoms with Gasteiger partial charge < -0.3 is 14.8 Å². The van der Waals surface area contributed by atoms with Crippen molar-refractivity contribution in [2.45, 2.75) is 12.2 Å². The number of benzene rings is 2. The number of halogens is 2. The standard InChI is InChI=1S/C24H22F2N6O2/c1-30(2)22-13-31(11-19(22)26)24(34)14-3-6-17(7-4-14)32-12-21(28-29-32)18-10-15-9-16(25)5-8-20(15)27-23(18)33/h3-10,12,19,22H,11,13H2,1-2H3,(H,27,33). The number of alkyl halides is 1. The van der Waals surface area contributed by atoms with Gasteiger partial charge in [0, 0.05) is 23.0 Å². The van der Waals surface area contributed by atoms with Gasteiger partial charge in [-0.1, -0.05) is 5.21 Å². The van der Waals surface area contributed by atoms with Crippen molar-refractivity contribution in [2.75, 3.05) is 27.2 Å². The molecule has 4 aromatic rings. The molecule has 8 nitrogen and oxygen atoms in total. The molecule has 1 N–H and O–H groups in total. The number of carbonyl (C=O) groups excluding carboxylic acids is 1. The second-order valence-electron chi connectivity index (χ2n) is 8.60. The first-order valence-electron chi connectivity index (χ1n) is 10.8. The van der Waals surface area contributed by atoms with Gasteiger partial charge in [0.05, 0.1) is 30.0 Å². The van der Waals surface area contributed by atoms with Gasteiger partial charge in [-0.2, -0.15) is 0 Å². The lowest BCUT2D eigenvalue weighted by atomic mass is 10.1. The Morgan fingerprint density at radius 1 is 1.12 bits per heavy atom. The van der Waals surface area contributed by atoms with Crippen LogP contribution in [0.2, 0.25) is 0 Å². The number of carbonyl (C=O) groups is 1. The van der Waals surface area contributed by atoms with Gasteiger partial charge in [-0.05, 0) is 62.6 Å². The lowest BCUT2D eigenvalue weighted by molar-refractivity contribution is 0.0779. The lowest BCUT2D eigenvalue weighted by Gasteiger charge is -2.20. The molecule has 1 fully saturated rings. The minimum atomic E-state index is -1.08. The van der Waals surface area contributed by atoms with Crippen LogP contribution in [0.1, 0.15) is 10.4 Å². The van der Waals surface area contributed by atoms with Gasteiger partial charge in [0.2, 0.25) is 0 Å². The Balaban J connectivity index is 1.37. The van der Waals surface area contributed by atoms with Crippen molar-refractivity contribution in [3.63, 3.8) is 0 Å². The summed E-state index contributed by atoms with van der Waals surface area (Å²) in [6.07, 6.45) is 0.504. The predicted octanol–water partition coefficient (Wildman–Crippen LogP) is 2.64. The van der Waals surface area contributed by atoms with Crippen molar-refractivity contribution < 1.29 is 13.6 Å². The van der Waals surface area contributed by atoms with Crippen LogP contribution in [0, 0.1) is 5.82 Å². The second-order valence-corrected chi connectivity index (χ2v) is 8.60. The third kappa shape index (κ3) is 3.96. The molecule has 5 rings (SSSR count). The van der Waals surface area contributed by atoms with Gasteiger partial charge in [0.15, 0.2) is 0 Å². The van der Waals surface area contributed by atoms with Crippen molar-refractivity contribution in [3.05, 3.63) is 76.5 Å². The second kappa shape index (κ2) is 8.45. The molecule has 1 aliphatic heterocycles. The topological polar surface area (TPSA) is 87.1 Å². The zero-order valence-corrected chi connectivity index (χ0v) is 18.6. The minimum Gasteiger partial charge on any atom is -0.334 e. The molecule has 0 spiro atoms. The molecule has 0 saturated carbocycles. The number of rotatable bonds is 4. The fraction of sp³-hybridized carbons (Fsp3) is 0.250. The zero-order valence-electron chi connectivity index (χ0n) is 18.6. The number of hydrogen-bond acceptors (Lipinski definition) is 5. The van der Waals surface area contributed by atoms with Crippen molar-refractivity contribution in [3.8, 4) is 16.9 Å². The number of aromatic amines is 1. The maximum Gasteiger partial charge on any atom is 0.258 e. The van der Waals surface area contributed by atoms with Gasteiger partial charge in [-0.25, -0.2) is 13.5 Å². The van der Waals surface area contributed by atoms with E-state index in [1.165, 1.54) is 27.8 Å². The van der Waals surface area contributed by atoms with Crippen LogP contribution in [0.25, 0.3) is 27.8 Å². The summed E-state index contributed by atoms with van der Waals surface area (Å²) in [5.41, 5.74) is 1.84. The summed E-state index contributed by atoms with van der Waals surface area (Å²) in [6, 6.07) is 12.1. The molecular weight excluding hydrogens is 442 g/mol. The Bertz CT molecular complexity index is 1430. The van der Waals surface area contributed by atoms with Crippen molar-refractivity contribution in [1.29, 1.82) is 0 Å². The zero-order chi connectivity index (χ0) is 24.0. The number of nitrogens with one attached hydrogen (secondary N) is 1. The Labute approximate surface area is 193 Å². The summed E-state index contributed by atoms with van der Waals surface area (Å²) in [5, 5.41) is 8.71. The normalized spacial score (nSPS) is 18.2. The highest BCUT2D eigenvalue weighted by Crippen LogP contribution is 2.22.